The van der Waals surface area contributed by atoms with Crippen molar-refractivity contribution < 1.29 is 4.74 Å². The minimum Gasteiger partial charge on any atom is -0.490 e. The van der Waals surface area contributed by atoms with E-state index < -0.39 is 0 Å². The zero-order valence-electron chi connectivity index (χ0n) is 14.9. The molecule has 0 bridgehead atoms. The van der Waals surface area contributed by atoms with E-state index in [-0.39, 0.29) is 5.84 Å². The third-order valence-electron chi connectivity index (χ3n) is 4.42. The lowest BCUT2D eigenvalue weighted by Gasteiger charge is -2.23. The Hall–Kier alpha value is -2.79. The molecule has 1 aliphatic rings. The Bertz CT molecular complexity index is 749. The quantitative estimate of drug-likeness (QED) is 0.456. The van der Waals surface area contributed by atoms with E-state index in [1.807, 2.05) is 60.7 Å². The molecule has 5 N–H and O–H groups in total. The molecule has 0 spiro atoms. The number of amidine groups is 1. The van der Waals surface area contributed by atoms with Gasteiger partial charge in [-0.15, -0.1) is 0 Å². The van der Waals surface area contributed by atoms with Crippen LogP contribution in [0.2, 0.25) is 0 Å². The Morgan fingerprint density at radius 3 is 2.62 bits per heavy atom. The van der Waals surface area contributed by atoms with E-state index in [9.17, 15) is 0 Å². The molecule has 1 saturated heterocycles. The molecule has 0 radical (unpaired) electrons. The maximum atomic E-state index is 7.62. The maximum Gasteiger partial charge on any atom is 0.123 e. The second-order valence-corrected chi connectivity index (χ2v) is 6.38. The number of nitrogens with one attached hydrogen (secondary N) is 3. The van der Waals surface area contributed by atoms with E-state index >= 15 is 0 Å². The Labute approximate surface area is 154 Å². The highest BCUT2D eigenvalue weighted by atomic mass is 16.5. The third-order valence-corrected chi connectivity index (χ3v) is 4.42. The van der Waals surface area contributed by atoms with Crippen LogP contribution in [0.4, 0.5) is 5.69 Å². The molecule has 0 aliphatic carbocycles. The van der Waals surface area contributed by atoms with Gasteiger partial charge in [0.25, 0.3) is 0 Å². The summed E-state index contributed by atoms with van der Waals surface area (Å²) >= 11 is 0. The number of rotatable bonds is 7. The van der Waals surface area contributed by atoms with E-state index in [1.54, 1.807) is 0 Å². The third kappa shape index (κ3) is 5.10. The summed E-state index contributed by atoms with van der Waals surface area (Å²) in [6.07, 6.45) is 6.46. The molecule has 5 nitrogen and oxygen atoms in total. The van der Waals surface area contributed by atoms with E-state index in [0.717, 1.165) is 48.5 Å². The molecular formula is C21H26N4O. The Kier molecular flexibility index (Phi) is 6.28. The Morgan fingerprint density at radius 1 is 1.15 bits per heavy atom. The van der Waals surface area contributed by atoms with Crippen molar-refractivity contribution in [3.05, 3.63) is 65.7 Å². The van der Waals surface area contributed by atoms with Crippen LogP contribution in [0.1, 0.15) is 24.0 Å². The fourth-order valence-electron chi connectivity index (χ4n) is 3.01. The first-order chi connectivity index (χ1) is 12.7. The number of piperidine rings is 1. The standard InChI is InChI=1S/C21H26N4O/c22-21(23)20-6-2-1-4-16(20)5-3-13-25-17-7-9-18(10-8-17)26-19-11-14-24-15-12-19/h1-10,19,24-25H,11-15H2,(H3,22,23). The predicted octanol–water partition coefficient (Wildman–Crippen LogP) is 3.23. The van der Waals surface area contributed by atoms with Gasteiger partial charge in [0.2, 0.25) is 0 Å². The minimum absolute atomic E-state index is 0.0857. The molecule has 2 aromatic carbocycles. The number of benzene rings is 2. The van der Waals surface area contributed by atoms with Gasteiger partial charge < -0.3 is 21.1 Å². The molecule has 1 aliphatic heterocycles. The van der Waals surface area contributed by atoms with Crippen molar-refractivity contribution in [1.82, 2.24) is 5.32 Å². The molecule has 1 heterocycles. The van der Waals surface area contributed by atoms with Crippen molar-refractivity contribution in [2.45, 2.75) is 18.9 Å². The van der Waals surface area contributed by atoms with Crippen LogP contribution >= 0.6 is 0 Å². The zero-order chi connectivity index (χ0) is 18.2. The van der Waals surface area contributed by atoms with Crippen molar-refractivity contribution in [1.29, 1.82) is 5.41 Å². The van der Waals surface area contributed by atoms with Crippen molar-refractivity contribution in [3.8, 4) is 5.75 Å². The molecule has 2 aromatic rings. The molecule has 0 aromatic heterocycles. The first kappa shape index (κ1) is 18.0. The molecule has 1 fully saturated rings. The average molecular weight is 350 g/mol. The Morgan fingerprint density at radius 2 is 1.88 bits per heavy atom. The highest BCUT2D eigenvalue weighted by Gasteiger charge is 2.14. The molecule has 0 amide bonds. The first-order valence-corrected chi connectivity index (χ1v) is 9.03. The first-order valence-electron chi connectivity index (χ1n) is 9.03. The van der Waals surface area contributed by atoms with Crippen LogP contribution in [-0.2, 0) is 0 Å². The second kappa shape index (κ2) is 9.06. The summed E-state index contributed by atoms with van der Waals surface area (Å²) in [6.45, 7) is 2.76. The molecule has 0 atom stereocenters. The van der Waals surface area contributed by atoms with Gasteiger partial charge in [-0.05, 0) is 55.8 Å². The van der Waals surface area contributed by atoms with Gasteiger partial charge in [0.1, 0.15) is 17.7 Å². The topological polar surface area (TPSA) is 83.2 Å². The van der Waals surface area contributed by atoms with Crippen LogP contribution in [0.15, 0.2) is 54.6 Å². The van der Waals surface area contributed by atoms with Gasteiger partial charge in [-0.1, -0.05) is 36.4 Å². The molecular weight excluding hydrogens is 324 g/mol. The lowest BCUT2D eigenvalue weighted by molar-refractivity contribution is 0.162. The lowest BCUT2D eigenvalue weighted by atomic mass is 10.1. The highest BCUT2D eigenvalue weighted by molar-refractivity contribution is 5.98. The van der Waals surface area contributed by atoms with E-state index in [0.29, 0.717) is 12.6 Å². The second-order valence-electron chi connectivity index (χ2n) is 6.38. The molecule has 0 saturated carbocycles. The summed E-state index contributed by atoms with van der Waals surface area (Å²) in [6, 6.07) is 15.7. The number of hydrogen-bond acceptors (Lipinski definition) is 4. The largest absolute Gasteiger partial charge is 0.490 e. The van der Waals surface area contributed by atoms with E-state index in [2.05, 4.69) is 10.6 Å². The van der Waals surface area contributed by atoms with Crippen LogP contribution in [0.5, 0.6) is 5.75 Å². The van der Waals surface area contributed by atoms with Gasteiger partial charge in [-0.25, -0.2) is 0 Å². The number of nitrogen functional groups attached to an aromatic ring is 1. The summed E-state index contributed by atoms with van der Waals surface area (Å²) in [5.74, 6) is 1.01. The van der Waals surface area contributed by atoms with Crippen molar-refractivity contribution in [2.24, 2.45) is 5.73 Å². The normalized spacial score (nSPS) is 15.1. The molecule has 0 unspecified atom stereocenters. The maximum absolute atomic E-state index is 7.62. The predicted molar refractivity (Wildman–Crippen MR) is 108 cm³/mol. The van der Waals surface area contributed by atoms with Crippen molar-refractivity contribution >= 4 is 17.6 Å². The summed E-state index contributed by atoms with van der Waals surface area (Å²) in [4.78, 5) is 0. The highest BCUT2D eigenvalue weighted by Crippen LogP contribution is 2.19. The number of anilines is 1. The fraction of sp³-hybridized carbons (Fsp3) is 0.286. The molecule has 26 heavy (non-hydrogen) atoms. The molecule has 136 valence electrons. The van der Waals surface area contributed by atoms with E-state index in [1.165, 1.54) is 0 Å². The van der Waals surface area contributed by atoms with E-state index in [4.69, 9.17) is 15.9 Å². The molecule has 3 rings (SSSR count). The molecule has 5 heteroatoms. The van der Waals surface area contributed by atoms with Gasteiger partial charge in [0, 0.05) is 17.8 Å². The van der Waals surface area contributed by atoms with Gasteiger partial charge in [0.05, 0.1) is 0 Å². The summed E-state index contributed by atoms with van der Waals surface area (Å²) in [5.41, 5.74) is 8.36. The van der Waals surface area contributed by atoms with Crippen LogP contribution < -0.4 is 21.1 Å². The van der Waals surface area contributed by atoms with Gasteiger partial charge in [0.15, 0.2) is 0 Å². The van der Waals surface area contributed by atoms with Crippen LogP contribution in [0, 0.1) is 5.41 Å². The van der Waals surface area contributed by atoms with Crippen LogP contribution in [0.25, 0.3) is 6.08 Å². The van der Waals surface area contributed by atoms with Crippen LogP contribution in [0.3, 0.4) is 0 Å². The van der Waals surface area contributed by atoms with Crippen molar-refractivity contribution in [3.63, 3.8) is 0 Å². The number of nitrogens with two attached hydrogens (primary N) is 1. The minimum atomic E-state index is 0.0857. The number of hydrogen-bond donors (Lipinski definition) is 4. The summed E-state index contributed by atoms with van der Waals surface area (Å²) in [5, 5.41) is 14.3. The summed E-state index contributed by atoms with van der Waals surface area (Å²) in [7, 11) is 0. The average Bonchev–Trinajstić information content (AvgIpc) is 2.67. The smallest absolute Gasteiger partial charge is 0.123 e. The van der Waals surface area contributed by atoms with Gasteiger partial charge >= 0.3 is 0 Å². The van der Waals surface area contributed by atoms with Crippen molar-refractivity contribution in [2.75, 3.05) is 25.0 Å². The summed E-state index contributed by atoms with van der Waals surface area (Å²) < 4.78 is 6.02. The number of ether oxygens (including phenoxy) is 1. The lowest BCUT2D eigenvalue weighted by Crippen LogP contribution is -2.34. The van der Waals surface area contributed by atoms with Gasteiger partial charge in [-0.3, -0.25) is 5.41 Å². The monoisotopic (exact) mass is 350 g/mol. The Balaban J connectivity index is 1.50. The fourth-order valence-corrected chi connectivity index (χ4v) is 3.01. The zero-order valence-corrected chi connectivity index (χ0v) is 14.9. The van der Waals surface area contributed by atoms with Crippen LogP contribution in [-0.4, -0.2) is 31.6 Å². The van der Waals surface area contributed by atoms with Gasteiger partial charge in [-0.2, -0.15) is 0 Å². The SMILES string of the molecule is N=C(N)c1ccccc1C=CCNc1ccc(OC2CCNCC2)cc1.